The van der Waals surface area contributed by atoms with E-state index in [2.05, 4.69) is 17.1 Å². The molecule has 1 aromatic heterocycles. The minimum atomic E-state index is -0.115. The molecule has 0 aliphatic carbocycles. The van der Waals surface area contributed by atoms with E-state index in [4.69, 9.17) is 18.7 Å². The van der Waals surface area contributed by atoms with Gasteiger partial charge in [0.1, 0.15) is 12.3 Å². The molecule has 1 amide bonds. The highest BCUT2D eigenvalue weighted by Crippen LogP contribution is 2.31. The van der Waals surface area contributed by atoms with Crippen LogP contribution < -0.4 is 14.2 Å². The lowest BCUT2D eigenvalue weighted by Crippen LogP contribution is -2.36. The summed E-state index contributed by atoms with van der Waals surface area (Å²) in [7, 11) is 3.15. The SMILES string of the molecule is CCCCOc1ccc(C(=O)N(Cc2nc(-c3ccc(OC)c(OC)c3)no2)C(C)C)cc1. The number of carbonyl (C=O) groups is 1. The van der Waals surface area contributed by atoms with Gasteiger partial charge in [0.05, 0.1) is 20.8 Å². The van der Waals surface area contributed by atoms with Crippen molar-refractivity contribution < 1.29 is 23.5 Å². The average molecular weight is 454 g/mol. The Morgan fingerprint density at radius 1 is 1.06 bits per heavy atom. The molecule has 0 aliphatic rings. The van der Waals surface area contributed by atoms with Gasteiger partial charge in [-0.3, -0.25) is 4.79 Å². The number of hydrogen-bond donors (Lipinski definition) is 0. The van der Waals surface area contributed by atoms with Crippen molar-refractivity contribution >= 4 is 5.91 Å². The first-order valence-electron chi connectivity index (χ1n) is 11.1. The first-order chi connectivity index (χ1) is 16.0. The van der Waals surface area contributed by atoms with Crippen LogP contribution in [0.25, 0.3) is 11.4 Å². The molecule has 3 aromatic rings. The quantitative estimate of drug-likeness (QED) is 0.378. The van der Waals surface area contributed by atoms with Crippen molar-refractivity contribution in [2.45, 2.75) is 46.2 Å². The fourth-order valence-electron chi connectivity index (χ4n) is 3.24. The molecular formula is C25H31N3O5. The molecule has 0 N–H and O–H groups in total. The first kappa shape index (κ1) is 24.1. The number of methoxy groups -OCH3 is 2. The van der Waals surface area contributed by atoms with Gasteiger partial charge in [-0.1, -0.05) is 18.5 Å². The fraction of sp³-hybridized carbons (Fsp3) is 0.400. The second kappa shape index (κ2) is 11.4. The zero-order chi connectivity index (χ0) is 23.8. The smallest absolute Gasteiger partial charge is 0.254 e. The summed E-state index contributed by atoms with van der Waals surface area (Å²) in [6.45, 7) is 6.89. The van der Waals surface area contributed by atoms with Gasteiger partial charge in [-0.25, -0.2) is 0 Å². The van der Waals surface area contributed by atoms with Crippen LogP contribution in [0.4, 0.5) is 0 Å². The van der Waals surface area contributed by atoms with Crippen LogP contribution in [0.2, 0.25) is 0 Å². The summed E-state index contributed by atoms with van der Waals surface area (Å²) in [5.41, 5.74) is 1.30. The van der Waals surface area contributed by atoms with E-state index in [1.54, 1.807) is 43.4 Å². The molecule has 2 aromatic carbocycles. The molecule has 0 bridgehead atoms. The summed E-state index contributed by atoms with van der Waals surface area (Å²) in [5.74, 6) is 2.59. The summed E-state index contributed by atoms with van der Waals surface area (Å²) in [5, 5.41) is 4.07. The van der Waals surface area contributed by atoms with Crippen LogP contribution in [-0.2, 0) is 6.54 Å². The Kier molecular flexibility index (Phi) is 8.29. The Labute approximate surface area is 194 Å². The second-order valence-corrected chi connectivity index (χ2v) is 7.83. The average Bonchev–Trinajstić information content (AvgIpc) is 3.31. The van der Waals surface area contributed by atoms with Crippen molar-refractivity contribution in [3.63, 3.8) is 0 Å². The van der Waals surface area contributed by atoms with Gasteiger partial charge in [0.25, 0.3) is 5.91 Å². The van der Waals surface area contributed by atoms with Crippen LogP contribution in [0, 0.1) is 0 Å². The van der Waals surface area contributed by atoms with Crippen molar-refractivity contribution in [2.75, 3.05) is 20.8 Å². The fourth-order valence-corrected chi connectivity index (χ4v) is 3.24. The Hall–Kier alpha value is -3.55. The third-order valence-electron chi connectivity index (χ3n) is 5.17. The lowest BCUT2D eigenvalue weighted by Gasteiger charge is -2.25. The molecule has 1 heterocycles. The molecule has 8 heteroatoms. The number of rotatable bonds is 11. The van der Waals surface area contributed by atoms with Crippen LogP contribution in [0.3, 0.4) is 0 Å². The maximum absolute atomic E-state index is 13.2. The Balaban J connectivity index is 1.73. The third kappa shape index (κ3) is 6.03. The number of unbranched alkanes of at least 4 members (excludes halogenated alkanes) is 1. The lowest BCUT2D eigenvalue weighted by atomic mass is 10.1. The predicted octanol–water partition coefficient (Wildman–Crippen LogP) is 4.98. The van der Waals surface area contributed by atoms with Crippen molar-refractivity contribution in [1.82, 2.24) is 15.0 Å². The van der Waals surface area contributed by atoms with Crippen molar-refractivity contribution in [2.24, 2.45) is 0 Å². The van der Waals surface area contributed by atoms with E-state index in [0.29, 0.717) is 35.4 Å². The number of amides is 1. The zero-order valence-corrected chi connectivity index (χ0v) is 19.8. The standard InChI is InChI=1S/C25H31N3O5/c1-6-7-14-32-20-11-8-18(9-12-20)25(29)28(17(2)3)16-23-26-24(27-33-23)19-10-13-21(30-4)22(15-19)31-5/h8-13,15,17H,6-7,14,16H2,1-5H3. The molecule has 3 rings (SSSR count). The van der Waals surface area contributed by atoms with Crippen LogP contribution in [0.15, 0.2) is 47.0 Å². The van der Waals surface area contributed by atoms with E-state index in [0.717, 1.165) is 24.2 Å². The molecule has 0 aliphatic heterocycles. The minimum Gasteiger partial charge on any atom is -0.494 e. The molecule has 0 fully saturated rings. The van der Waals surface area contributed by atoms with E-state index >= 15 is 0 Å². The van der Waals surface area contributed by atoms with Crippen molar-refractivity contribution in [1.29, 1.82) is 0 Å². The highest BCUT2D eigenvalue weighted by atomic mass is 16.5. The molecule has 0 saturated heterocycles. The Morgan fingerprint density at radius 2 is 1.79 bits per heavy atom. The Bertz CT molecular complexity index is 1050. The summed E-state index contributed by atoms with van der Waals surface area (Å²) < 4.78 is 21.7. The van der Waals surface area contributed by atoms with Crippen LogP contribution in [0.1, 0.15) is 49.9 Å². The van der Waals surface area contributed by atoms with Gasteiger partial charge < -0.3 is 23.6 Å². The highest BCUT2D eigenvalue weighted by molar-refractivity contribution is 5.94. The van der Waals surface area contributed by atoms with E-state index in [9.17, 15) is 4.79 Å². The molecule has 0 unspecified atom stereocenters. The molecule has 0 atom stereocenters. The molecule has 0 radical (unpaired) electrons. The number of carbonyl (C=O) groups excluding carboxylic acids is 1. The van der Waals surface area contributed by atoms with Gasteiger partial charge in [0, 0.05) is 17.2 Å². The third-order valence-corrected chi connectivity index (χ3v) is 5.17. The molecular weight excluding hydrogens is 422 g/mol. The van der Waals surface area contributed by atoms with E-state index in [1.165, 1.54) is 0 Å². The molecule has 33 heavy (non-hydrogen) atoms. The molecule has 0 saturated carbocycles. The normalized spacial score (nSPS) is 10.8. The number of benzene rings is 2. The molecule has 0 spiro atoms. The van der Waals surface area contributed by atoms with Gasteiger partial charge in [0.2, 0.25) is 11.7 Å². The monoisotopic (exact) mass is 453 g/mol. The van der Waals surface area contributed by atoms with Gasteiger partial charge >= 0.3 is 0 Å². The van der Waals surface area contributed by atoms with Gasteiger partial charge in [0.15, 0.2) is 11.5 Å². The van der Waals surface area contributed by atoms with E-state index in [1.807, 2.05) is 32.0 Å². The largest absolute Gasteiger partial charge is 0.494 e. The summed E-state index contributed by atoms with van der Waals surface area (Å²) in [6, 6.07) is 12.5. The van der Waals surface area contributed by atoms with Crippen LogP contribution in [0.5, 0.6) is 17.2 Å². The highest BCUT2D eigenvalue weighted by Gasteiger charge is 2.22. The maximum Gasteiger partial charge on any atom is 0.254 e. The number of nitrogens with zero attached hydrogens (tertiary/aromatic N) is 3. The van der Waals surface area contributed by atoms with E-state index in [-0.39, 0.29) is 18.5 Å². The van der Waals surface area contributed by atoms with Gasteiger partial charge in [-0.05, 0) is 62.7 Å². The first-order valence-corrected chi connectivity index (χ1v) is 11.1. The van der Waals surface area contributed by atoms with E-state index < -0.39 is 0 Å². The molecule has 8 nitrogen and oxygen atoms in total. The summed E-state index contributed by atoms with van der Waals surface area (Å²) in [4.78, 5) is 19.3. The number of ether oxygens (including phenoxy) is 3. The second-order valence-electron chi connectivity index (χ2n) is 7.83. The Morgan fingerprint density at radius 3 is 2.42 bits per heavy atom. The molecule has 176 valence electrons. The summed E-state index contributed by atoms with van der Waals surface area (Å²) >= 11 is 0. The van der Waals surface area contributed by atoms with Crippen molar-refractivity contribution in [3.05, 3.63) is 53.9 Å². The minimum absolute atomic E-state index is 0.0607. The topological polar surface area (TPSA) is 86.9 Å². The van der Waals surface area contributed by atoms with Crippen LogP contribution in [-0.4, -0.2) is 47.8 Å². The number of aromatic nitrogens is 2. The maximum atomic E-state index is 13.2. The summed E-state index contributed by atoms with van der Waals surface area (Å²) in [6.07, 6.45) is 2.07. The predicted molar refractivity (Wildman–Crippen MR) is 125 cm³/mol. The van der Waals surface area contributed by atoms with Crippen LogP contribution >= 0.6 is 0 Å². The van der Waals surface area contributed by atoms with Crippen molar-refractivity contribution in [3.8, 4) is 28.6 Å². The number of hydrogen-bond acceptors (Lipinski definition) is 7. The lowest BCUT2D eigenvalue weighted by molar-refractivity contribution is 0.0667. The zero-order valence-electron chi connectivity index (χ0n) is 19.8. The van der Waals surface area contributed by atoms with Gasteiger partial charge in [-0.15, -0.1) is 0 Å². The van der Waals surface area contributed by atoms with Gasteiger partial charge in [-0.2, -0.15) is 4.98 Å².